The highest BCUT2D eigenvalue weighted by Crippen LogP contribution is 2.32. The summed E-state index contributed by atoms with van der Waals surface area (Å²) in [6, 6.07) is 30.9. The third-order valence-electron chi connectivity index (χ3n) is 5.84. The molecule has 0 heterocycles. The zero-order valence-electron chi connectivity index (χ0n) is 21.3. The fraction of sp³-hybridized carbons (Fsp3) is 0.125. The van der Waals surface area contributed by atoms with Gasteiger partial charge in [0.05, 0.1) is 6.61 Å². The van der Waals surface area contributed by atoms with Crippen molar-refractivity contribution in [3.8, 4) is 17.6 Å². The number of nitriles is 1. The minimum atomic E-state index is -0.485. The molecule has 7 heteroatoms. The van der Waals surface area contributed by atoms with Gasteiger partial charge in [0.1, 0.15) is 29.7 Å². The number of benzene rings is 4. The number of rotatable bonds is 10. The first kappa shape index (κ1) is 28.4. The summed E-state index contributed by atoms with van der Waals surface area (Å²) in [5, 5.41) is 12.5. The number of anilines is 1. The highest BCUT2D eigenvalue weighted by molar-refractivity contribution is 14.1. The van der Waals surface area contributed by atoms with Gasteiger partial charge < -0.3 is 14.8 Å². The molecule has 196 valence electrons. The molecule has 0 atom stereocenters. The first-order valence-corrected chi connectivity index (χ1v) is 14.2. The van der Waals surface area contributed by atoms with Crippen molar-refractivity contribution in [1.82, 2.24) is 0 Å². The molecule has 5 nitrogen and oxygen atoms in total. The van der Waals surface area contributed by atoms with Crippen LogP contribution < -0.4 is 14.8 Å². The topological polar surface area (TPSA) is 71.3 Å². The molecular weight excluding hydrogens is 667 g/mol. The van der Waals surface area contributed by atoms with Crippen LogP contribution in [-0.2, 0) is 17.8 Å². The van der Waals surface area contributed by atoms with E-state index in [1.807, 2.05) is 73.7 Å². The first-order valence-electron chi connectivity index (χ1n) is 12.4. The number of amides is 1. The van der Waals surface area contributed by atoms with Gasteiger partial charge in [-0.2, -0.15) is 5.26 Å². The number of nitrogens with zero attached hydrogens (tertiary/aromatic N) is 1. The molecule has 1 amide bonds. The molecule has 0 aliphatic carbocycles. The van der Waals surface area contributed by atoms with Crippen molar-refractivity contribution in [2.45, 2.75) is 20.0 Å². The van der Waals surface area contributed by atoms with E-state index in [1.165, 1.54) is 0 Å². The van der Waals surface area contributed by atoms with Gasteiger partial charge in [-0.25, -0.2) is 0 Å². The Labute approximate surface area is 250 Å². The van der Waals surface area contributed by atoms with Gasteiger partial charge in [-0.3, -0.25) is 4.79 Å². The van der Waals surface area contributed by atoms with Gasteiger partial charge in [0.25, 0.3) is 5.91 Å². The summed E-state index contributed by atoms with van der Waals surface area (Å²) in [6.45, 7) is 2.89. The lowest BCUT2D eigenvalue weighted by atomic mass is 10.0. The second-order valence-corrected chi connectivity index (χ2v) is 10.6. The standard InChI is InChI=1S/C32H26BrIN2O3/c1-2-38-31-18-23(17-30(34)28(31)19-24-10-6-7-11-29(24)33)16-25(20-35)32(37)36-26-12-14-27(15-13-26)39-21-22-8-4-3-5-9-22/h3-18H,2,19,21H2,1H3,(H,36,37)/b25-16+. The largest absolute Gasteiger partial charge is 0.494 e. The molecule has 0 bridgehead atoms. The molecule has 0 radical (unpaired) electrons. The summed E-state index contributed by atoms with van der Waals surface area (Å²) >= 11 is 5.90. The van der Waals surface area contributed by atoms with E-state index in [2.05, 4.69) is 49.9 Å². The van der Waals surface area contributed by atoms with Gasteiger partial charge in [-0.15, -0.1) is 0 Å². The monoisotopic (exact) mass is 692 g/mol. The third kappa shape index (κ3) is 7.94. The van der Waals surface area contributed by atoms with Crippen molar-refractivity contribution in [3.63, 3.8) is 0 Å². The summed E-state index contributed by atoms with van der Waals surface area (Å²) in [5.74, 6) is 0.935. The van der Waals surface area contributed by atoms with Crippen molar-refractivity contribution in [1.29, 1.82) is 5.26 Å². The van der Waals surface area contributed by atoms with E-state index in [0.29, 0.717) is 31.1 Å². The third-order valence-corrected chi connectivity index (χ3v) is 7.57. The quantitative estimate of drug-likeness (QED) is 0.103. The van der Waals surface area contributed by atoms with Crippen LogP contribution in [0.5, 0.6) is 11.5 Å². The predicted octanol–water partition coefficient (Wildman–Crippen LogP) is 8.17. The van der Waals surface area contributed by atoms with Crippen molar-refractivity contribution < 1.29 is 14.3 Å². The van der Waals surface area contributed by atoms with Crippen LogP contribution in [0.25, 0.3) is 6.08 Å². The maximum Gasteiger partial charge on any atom is 0.266 e. The molecule has 0 spiro atoms. The van der Waals surface area contributed by atoms with E-state index < -0.39 is 5.91 Å². The molecule has 4 aromatic carbocycles. The maximum absolute atomic E-state index is 12.9. The Kier molecular flexibility index (Phi) is 10.2. The molecule has 0 aliphatic heterocycles. The second kappa shape index (κ2) is 14.0. The Morgan fingerprint density at radius 1 is 1.00 bits per heavy atom. The van der Waals surface area contributed by atoms with Crippen LogP contribution in [0.1, 0.15) is 29.2 Å². The number of ether oxygens (including phenoxy) is 2. The number of hydrogen-bond acceptors (Lipinski definition) is 4. The molecule has 4 rings (SSSR count). The van der Waals surface area contributed by atoms with Gasteiger partial charge in [0.15, 0.2) is 0 Å². The fourth-order valence-electron chi connectivity index (χ4n) is 3.89. The van der Waals surface area contributed by atoms with Crippen LogP contribution in [0.15, 0.2) is 101 Å². The molecule has 39 heavy (non-hydrogen) atoms. The molecule has 0 aliphatic rings. The van der Waals surface area contributed by atoms with Crippen LogP contribution in [-0.4, -0.2) is 12.5 Å². The summed E-state index contributed by atoms with van der Waals surface area (Å²) in [4.78, 5) is 12.9. The summed E-state index contributed by atoms with van der Waals surface area (Å²) in [7, 11) is 0. The van der Waals surface area contributed by atoms with E-state index in [4.69, 9.17) is 9.47 Å². The lowest BCUT2D eigenvalue weighted by Gasteiger charge is -2.15. The number of nitrogens with one attached hydrogen (secondary N) is 1. The molecule has 0 aromatic heterocycles. The lowest BCUT2D eigenvalue weighted by Crippen LogP contribution is -2.13. The van der Waals surface area contributed by atoms with Gasteiger partial charge in [-0.05, 0) is 94.7 Å². The van der Waals surface area contributed by atoms with E-state index in [0.717, 1.165) is 36.0 Å². The maximum atomic E-state index is 12.9. The van der Waals surface area contributed by atoms with Gasteiger partial charge in [-0.1, -0.05) is 64.5 Å². The number of carbonyl (C=O) groups is 1. The Hall–Kier alpha value is -3.61. The molecule has 0 unspecified atom stereocenters. The average molecular weight is 693 g/mol. The molecule has 0 saturated carbocycles. The zero-order chi connectivity index (χ0) is 27.6. The van der Waals surface area contributed by atoms with Crippen molar-refractivity contribution in [2.24, 2.45) is 0 Å². The fourth-order valence-corrected chi connectivity index (χ4v) is 5.13. The molecule has 4 aromatic rings. The number of halogens is 2. The van der Waals surface area contributed by atoms with Gasteiger partial charge >= 0.3 is 0 Å². The van der Waals surface area contributed by atoms with Crippen LogP contribution in [0, 0.1) is 14.9 Å². The Morgan fingerprint density at radius 2 is 1.72 bits per heavy atom. The van der Waals surface area contributed by atoms with E-state index in [-0.39, 0.29) is 5.57 Å². The summed E-state index contributed by atoms with van der Waals surface area (Å²) in [5.41, 5.74) is 4.56. The Morgan fingerprint density at radius 3 is 2.41 bits per heavy atom. The first-order chi connectivity index (χ1) is 19.0. The Balaban J connectivity index is 1.48. The van der Waals surface area contributed by atoms with Crippen LogP contribution in [0.3, 0.4) is 0 Å². The van der Waals surface area contributed by atoms with Crippen LogP contribution in [0.2, 0.25) is 0 Å². The minimum Gasteiger partial charge on any atom is -0.494 e. The average Bonchev–Trinajstić information content (AvgIpc) is 2.95. The smallest absolute Gasteiger partial charge is 0.266 e. The van der Waals surface area contributed by atoms with E-state index in [1.54, 1.807) is 30.3 Å². The van der Waals surface area contributed by atoms with Crippen molar-refractivity contribution in [2.75, 3.05) is 11.9 Å². The van der Waals surface area contributed by atoms with Crippen molar-refractivity contribution in [3.05, 3.63) is 127 Å². The minimum absolute atomic E-state index is 0.00351. The van der Waals surface area contributed by atoms with E-state index in [9.17, 15) is 10.1 Å². The number of hydrogen-bond donors (Lipinski definition) is 1. The normalized spacial score (nSPS) is 11.0. The second-order valence-electron chi connectivity index (χ2n) is 8.60. The SMILES string of the molecule is CCOc1cc(/C=C(\C#N)C(=O)Nc2ccc(OCc3ccccc3)cc2)cc(I)c1Cc1ccccc1Br. The lowest BCUT2D eigenvalue weighted by molar-refractivity contribution is -0.112. The highest BCUT2D eigenvalue weighted by atomic mass is 127. The van der Waals surface area contributed by atoms with E-state index >= 15 is 0 Å². The van der Waals surface area contributed by atoms with Gasteiger partial charge in [0, 0.05) is 25.7 Å². The predicted molar refractivity (Wildman–Crippen MR) is 167 cm³/mol. The zero-order valence-corrected chi connectivity index (χ0v) is 25.0. The van der Waals surface area contributed by atoms with Crippen molar-refractivity contribution >= 4 is 56.2 Å². The molecule has 0 fully saturated rings. The number of carbonyl (C=O) groups excluding carboxylic acids is 1. The van der Waals surface area contributed by atoms with Gasteiger partial charge in [0.2, 0.25) is 0 Å². The van der Waals surface area contributed by atoms with Crippen LogP contribution in [0.4, 0.5) is 5.69 Å². The summed E-state index contributed by atoms with van der Waals surface area (Å²) < 4.78 is 13.8. The summed E-state index contributed by atoms with van der Waals surface area (Å²) in [6.07, 6.45) is 2.27. The molecular formula is C32H26BrIN2O3. The molecule has 0 saturated heterocycles. The highest BCUT2D eigenvalue weighted by Gasteiger charge is 2.15. The van der Waals surface area contributed by atoms with Crippen LogP contribution >= 0.6 is 38.5 Å². The molecule has 1 N–H and O–H groups in total. The Bertz CT molecular complexity index is 1510.